The highest BCUT2D eigenvalue weighted by molar-refractivity contribution is 6.03. The van der Waals surface area contributed by atoms with Gasteiger partial charge in [-0.15, -0.1) is 0 Å². The van der Waals surface area contributed by atoms with Crippen molar-refractivity contribution in [2.75, 3.05) is 5.32 Å². The van der Waals surface area contributed by atoms with E-state index >= 15 is 0 Å². The number of amides is 1. The van der Waals surface area contributed by atoms with Crippen LogP contribution in [-0.4, -0.2) is 5.91 Å². The Balaban J connectivity index is 1.71. The van der Waals surface area contributed by atoms with Gasteiger partial charge >= 0.3 is 0 Å². The van der Waals surface area contributed by atoms with Gasteiger partial charge in [0, 0.05) is 5.56 Å². The van der Waals surface area contributed by atoms with Gasteiger partial charge in [-0.1, -0.05) is 24.3 Å². The summed E-state index contributed by atoms with van der Waals surface area (Å²) in [5.41, 5.74) is 1.47. The lowest BCUT2D eigenvalue weighted by Gasteiger charge is -2.08. The maximum Gasteiger partial charge on any atom is 0.291 e. The maximum absolute atomic E-state index is 13.9. The second-order valence-electron chi connectivity index (χ2n) is 5.31. The Morgan fingerprint density at radius 3 is 2.71 bits per heavy atom. The third-order valence-corrected chi connectivity index (χ3v) is 3.46. The molecule has 4 nitrogen and oxygen atoms in total. The average Bonchev–Trinajstić information content (AvgIpc) is 3.05. The summed E-state index contributed by atoms with van der Waals surface area (Å²) in [6.07, 6.45) is 1.41. The van der Waals surface area contributed by atoms with Crippen molar-refractivity contribution >= 4 is 11.6 Å². The van der Waals surface area contributed by atoms with E-state index < -0.39 is 11.7 Å². The molecule has 1 amide bonds. The summed E-state index contributed by atoms with van der Waals surface area (Å²) in [5, 5.41) is 2.52. The number of furan rings is 1. The van der Waals surface area contributed by atoms with Crippen LogP contribution >= 0.6 is 0 Å². The first-order valence-corrected chi connectivity index (χ1v) is 7.45. The molecule has 3 rings (SSSR count). The number of hydrogen-bond acceptors (Lipinski definition) is 3. The van der Waals surface area contributed by atoms with Crippen molar-refractivity contribution in [3.63, 3.8) is 0 Å². The van der Waals surface area contributed by atoms with Crippen molar-refractivity contribution < 1.29 is 18.3 Å². The second kappa shape index (κ2) is 7.00. The molecule has 3 aromatic rings. The summed E-state index contributed by atoms with van der Waals surface area (Å²) in [6, 6.07) is 15.5. The predicted molar refractivity (Wildman–Crippen MR) is 88.6 cm³/mol. The van der Waals surface area contributed by atoms with Gasteiger partial charge in [-0.3, -0.25) is 4.79 Å². The lowest BCUT2D eigenvalue weighted by molar-refractivity contribution is 0.0993. The van der Waals surface area contributed by atoms with Gasteiger partial charge in [0.25, 0.3) is 5.91 Å². The van der Waals surface area contributed by atoms with E-state index in [1.165, 1.54) is 18.4 Å². The van der Waals surface area contributed by atoms with Crippen molar-refractivity contribution in [1.29, 1.82) is 0 Å². The van der Waals surface area contributed by atoms with Crippen LogP contribution in [0.5, 0.6) is 5.75 Å². The number of nitrogens with one attached hydrogen (secondary N) is 1. The first kappa shape index (κ1) is 15.8. The topological polar surface area (TPSA) is 51.5 Å². The molecular weight excluding hydrogens is 309 g/mol. The number of halogens is 1. The summed E-state index contributed by atoms with van der Waals surface area (Å²) in [5.74, 6) is -0.216. The maximum atomic E-state index is 13.9. The molecule has 1 heterocycles. The number of carbonyl (C=O) groups excluding carboxylic acids is 1. The minimum absolute atomic E-state index is 0.103. The van der Waals surface area contributed by atoms with E-state index in [2.05, 4.69) is 5.32 Å². The number of rotatable bonds is 5. The molecule has 122 valence electrons. The van der Waals surface area contributed by atoms with Crippen LogP contribution in [0.3, 0.4) is 0 Å². The molecule has 24 heavy (non-hydrogen) atoms. The zero-order chi connectivity index (χ0) is 16.9. The van der Waals surface area contributed by atoms with Crippen molar-refractivity contribution in [2.24, 2.45) is 0 Å². The fourth-order valence-corrected chi connectivity index (χ4v) is 2.23. The molecule has 0 unspecified atom stereocenters. The van der Waals surface area contributed by atoms with Crippen LogP contribution < -0.4 is 10.1 Å². The summed E-state index contributed by atoms with van der Waals surface area (Å²) in [7, 11) is 0. The Bertz CT molecular complexity index is 843. The van der Waals surface area contributed by atoms with Crippen LogP contribution in [0, 0.1) is 12.7 Å². The zero-order valence-corrected chi connectivity index (χ0v) is 13.1. The first-order valence-electron chi connectivity index (χ1n) is 7.45. The number of para-hydroxylation sites is 1. The standard InChI is InChI=1S/C19H16FNO3/c1-13-7-8-17(16(20)11-13)21-19(22)18-14(9-10-23-18)12-24-15-5-3-2-4-6-15/h2-11H,12H2,1H3,(H,21,22). The fraction of sp³-hybridized carbons (Fsp3) is 0.105. The lowest BCUT2D eigenvalue weighted by Crippen LogP contribution is -2.14. The molecule has 0 radical (unpaired) electrons. The number of benzene rings is 2. The van der Waals surface area contributed by atoms with Crippen molar-refractivity contribution in [3.8, 4) is 5.75 Å². The highest BCUT2D eigenvalue weighted by atomic mass is 19.1. The van der Waals surface area contributed by atoms with Gasteiger partial charge in [-0.25, -0.2) is 4.39 Å². The Morgan fingerprint density at radius 1 is 1.17 bits per heavy atom. The molecule has 0 saturated heterocycles. The Morgan fingerprint density at radius 2 is 1.96 bits per heavy atom. The Hall–Kier alpha value is -3.08. The molecule has 0 aliphatic carbocycles. The lowest BCUT2D eigenvalue weighted by atomic mass is 10.2. The van der Waals surface area contributed by atoms with Crippen molar-refractivity contribution in [3.05, 3.63) is 83.6 Å². The van der Waals surface area contributed by atoms with Crippen molar-refractivity contribution in [2.45, 2.75) is 13.5 Å². The van der Waals surface area contributed by atoms with Crippen LogP contribution in [0.15, 0.2) is 65.3 Å². The van der Waals surface area contributed by atoms with Crippen LogP contribution in [0.4, 0.5) is 10.1 Å². The van der Waals surface area contributed by atoms with Gasteiger partial charge in [0.2, 0.25) is 0 Å². The molecular formula is C19H16FNO3. The summed E-state index contributed by atoms with van der Waals surface area (Å²) >= 11 is 0. The van der Waals surface area contributed by atoms with Crippen molar-refractivity contribution in [1.82, 2.24) is 0 Å². The van der Waals surface area contributed by atoms with E-state index in [0.29, 0.717) is 11.3 Å². The number of carbonyl (C=O) groups is 1. The quantitative estimate of drug-likeness (QED) is 0.748. The van der Waals surface area contributed by atoms with Gasteiger partial charge in [0.05, 0.1) is 12.0 Å². The summed E-state index contributed by atoms with van der Waals surface area (Å²) < 4.78 is 24.7. The number of aryl methyl sites for hydroxylation is 1. The first-order chi connectivity index (χ1) is 11.6. The molecule has 0 atom stereocenters. The van der Waals surface area contributed by atoms with Gasteiger partial charge < -0.3 is 14.5 Å². The molecule has 5 heteroatoms. The number of ether oxygens (including phenoxy) is 1. The molecule has 2 aromatic carbocycles. The number of anilines is 1. The van der Waals surface area contributed by atoms with E-state index in [0.717, 1.165) is 5.56 Å². The Kier molecular flexibility index (Phi) is 4.61. The van der Waals surface area contributed by atoms with E-state index in [-0.39, 0.29) is 18.1 Å². The molecule has 0 aliphatic rings. The minimum Gasteiger partial charge on any atom is -0.489 e. The molecule has 0 saturated carbocycles. The summed E-state index contributed by atoms with van der Waals surface area (Å²) in [6.45, 7) is 1.96. The number of hydrogen-bond donors (Lipinski definition) is 1. The SMILES string of the molecule is Cc1ccc(NC(=O)c2occc2COc2ccccc2)c(F)c1. The van der Waals surface area contributed by atoms with Crippen LogP contribution in [0.2, 0.25) is 0 Å². The molecule has 1 aromatic heterocycles. The van der Waals surface area contributed by atoms with E-state index in [1.54, 1.807) is 19.1 Å². The molecule has 0 aliphatic heterocycles. The third-order valence-electron chi connectivity index (χ3n) is 3.46. The second-order valence-corrected chi connectivity index (χ2v) is 5.31. The van der Waals surface area contributed by atoms with Gasteiger partial charge in [0.1, 0.15) is 18.2 Å². The van der Waals surface area contributed by atoms with E-state index in [9.17, 15) is 9.18 Å². The fourth-order valence-electron chi connectivity index (χ4n) is 2.23. The zero-order valence-electron chi connectivity index (χ0n) is 13.1. The smallest absolute Gasteiger partial charge is 0.291 e. The van der Waals surface area contributed by atoms with Gasteiger partial charge in [0.15, 0.2) is 5.76 Å². The molecule has 0 bridgehead atoms. The predicted octanol–water partition coefficient (Wildman–Crippen LogP) is 4.56. The van der Waals surface area contributed by atoms with Crippen LogP contribution in [0.25, 0.3) is 0 Å². The Labute approximate surface area is 138 Å². The molecule has 1 N–H and O–H groups in total. The largest absolute Gasteiger partial charge is 0.489 e. The van der Waals surface area contributed by atoms with Gasteiger partial charge in [-0.05, 0) is 42.8 Å². The van der Waals surface area contributed by atoms with E-state index in [1.807, 2.05) is 30.3 Å². The monoisotopic (exact) mass is 325 g/mol. The highest BCUT2D eigenvalue weighted by Gasteiger charge is 2.17. The minimum atomic E-state index is -0.519. The highest BCUT2D eigenvalue weighted by Crippen LogP contribution is 2.19. The summed E-state index contributed by atoms with van der Waals surface area (Å²) in [4.78, 5) is 12.3. The van der Waals surface area contributed by atoms with Crippen LogP contribution in [0.1, 0.15) is 21.7 Å². The van der Waals surface area contributed by atoms with E-state index in [4.69, 9.17) is 9.15 Å². The normalized spacial score (nSPS) is 10.4. The van der Waals surface area contributed by atoms with Gasteiger partial charge in [-0.2, -0.15) is 0 Å². The third kappa shape index (κ3) is 3.63. The van der Waals surface area contributed by atoms with Crippen LogP contribution in [-0.2, 0) is 6.61 Å². The molecule has 0 spiro atoms. The average molecular weight is 325 g/mol. The molecule has 0 fully saturated rings.